The third-order valence-electron chi connectivity index (χ3n) is 6.41. The largest absolute Gasteiger partial charge is 0.334 e. The van der Waals surface area contributed by atoms with Crippen molar-refractivity contribution in [3.8, 4) is 0 Å². The lowest BCUT2D eigenvalue weighted by molar-refractivity contribution is -0.00936. The Morgan fingerprint density at radius 2 is 2.04 bits per heavy atom. The van der Waals surface area contributed by atoms with Gasteiger partial charge >= 0.3 is 0 Å². The summed E-state index contributed by atoms with van der Waals surface area (Å²) in [5.74, 6) is 0.666. The molecular weight excluding hydrogens is 368 g/mol. The number of aryl methyl sites for hydroxylation is 1. The van der Waals surface area contributed by atoms with Crippen molar-refractivity contribution in [1.82, 2.24) is 14.7 Å². The average molecular weight is 395 g/mol. The van der Waals surface area contributed by atoms with Crippen LogP contribution in [-0.4, -0.2) is 39.7 Å². The van der Waals surface area contributed by atoms with Gasteiger partial charge < -0.3 is 10.6 Å². The summed E-state index contributed by atoms with van der Waals surface area (Å²) in [6, 6.07) is 0.295. The number of likely N-dealkylation sites (tertiary alicyclic amines) is 1. The minimum absolute atomic E-state index is 0.133. The topological polar surface area (TPSA) is 64.2 Å². The molecular formula is C18H27BrN4O. The van der Waals surface area contributed by atoms with Crippen molar-refractivity contribution in [3.63, 3.8) is 0 Å². The van der Waals surface area contributed by atoms with Crippen LogP contribution in [0, 0.1) is 5.41 Å². The Kier molecular flexibility index (Phi) is 4.23. The predicted octanol–water partition coefficient (Wildman–Crippen LogP) is 3.18. The zero-order valence-electron chi connectivity index (χ0n) is 14.4. The number of carbonyl (C=O) groups excluding carboxylic acids is 1. The van der Waals surface area contributed by atoms with E-state index < -0.39 is 0 Å². The number of nitrogens with two attached hydrogens (primary N) is 1. The highest BCUT2D eigenvalue weighted by atomic mass is 79.9. The van der Waals surface area contributed by atoms with E-state index in [9.17, 15) is 4.79 Å². The first-order valence-corrected chi connectivity index (χ1v) is 10.1. The van der Waals surface area contributed by atoms with Crippen LogP contribution in [-0.2, 0) is 7.05 Å². The highest BCUT2D eigenvalue weighted by Crippen LogP contribution is 2.48. The SMILES string of the molecule is Cn1nc(C2CC2)c(Br)c1C(=O)N1CCCCC1C1(CN)CCC1. The van der Waals surface area contributed by atoms with Crippen LogP contribution in [0.25, 0.3) is 0 Å². The smallest absolute Gasteiger partial charge is 0.273 e. The number of halogens is 1. The first-order valence-electron chi connectivity index (χ1n) is 9.31. The van der Waals surface area contributed by atoms with Gasteiger partial charge in [0.15, 0.2) is 0 Å². The Hall–Kier alpha value is -0.880. The van der Waals surface area contributed by atoms with E-state index in [4.69, 9.17) is 5.73 Å². The van der Waals surface area contributed by atoms with Crippen LogP contribution in [0.2, 0.25) is 0 Å². The fourth-order valence-corrected chi connectivity index (χ4v) is 5.45. The van der Waals surface area contributed by atoms with Crippen molar-refractivity contribution in [2.24, 2.45) is 18.2 Å². The van der Waals surface area contributed by atoms with Crippen LogP contribution in [0.5, 0.6) is 0 Å². The number of carbonyl (C=O) groups is 1. The summed E-state index contributed by atoms with van der Waals surface area (Å²) < 4.78 is 2.69. The summed E-state index contributed by atoms with van der Waals surface area (Å²) >= 11 is 3.67. The van der Waals surface area contributed by atoms with Gasteiger partial charge in [0.1, 0.15) is 5.69 Å². The Morgan fingerprint density at radius 3 is 2.62 bits per heavy atom. The maximum atomic E-state index is 13.4. The zero-order valence-corrected chi connectivity index (χ0v) is 16.0. The molecule has 1 aromatic rings. The van der Waals surface area contributed by atoms with Crippen LogP contribution in [0.1, 0.15) is 73.5 Å². The lowest BCUT2D eigenvalue weighted by atomic mass is 9.62. The monoisotopic (exact) mass is 394 g/mol. The Morgan fingerprint density at radius 1 is 1.29 bits per heavy atom. The molecule has 3 fully saturated rings. The second-order valence-electron chi connectivity index (χ2n) is 7.88. The summed E-state index contributed by atoms with van der Waals surface area (Å²) in [4.78, 5) is 15.5. The molecule has 24 heavy (non-hydrogen) atoms. The van der Waals surface area contributed by atoms with E-state index in [-0.39, 0.29) is 11.3 Å². The highest BCUT2D eigenvalue weighted by Gasteiger charge is 2.48. The van der Waals surface area contributed by atoms with Crippen molar-refractivity contribution >= 4 is 21.8 Å². The summed E-state index contributed by atoms with van der Waals surface area (Å²) in [5, 5.41) is 4.63. The molecule has 2 N–H and O–H groups in total. The minimum atomic E-state index is 0.133. The molecule has 1 aromatic heterocycles. The first-order chi connectivity index (χ1) is 11.6. The molecule has 4 rings (SSSR count). The van der Waals surface area contributed by atoms with E-state index in [1.807, 2.05) is 7.05 Å². The molecule has 132 valence electrons. The maximum Gasteiger partial charge on any atom is 0.273 e. The molecule has 0 spiro atoms. The number of amides is 1. The molecule has 0 radical (unpaired) electrons. The number of nitrogens with zero attached hydrogens (tertiary/aromatic N) is 3. The lowest BCUT2D eigenvalue weighted by Crippen LogP contribution is -2.58. The molecule has 2 heterocycles. The van der Waals surface area contributed by atoms with Crippen molar-refractivity contribution in [3.05, 3.63) is 15.9 Å². The third kappa shape index (κ3) is 2.53. The average Bonchev–Trinajstić information content (AvgIpc) is 3.33. The number of rotatable bonds is 4. The Bertz CT molecular complexity index is 642. The summed E-state index contributed by atoms with van der Waals surface area (Å²) in [5.41, 5.74) is 8.08. The van der Waals surface area contributed by atoms with Crippen LogP contribution in [0.15, 0.2) is 4.47 Å². The molecule has 1 unspecified atom stereocenters. The highest BCUT2D eigenvalue weighted by molar-refractivity contribution is 9.10. The van der Waals surface area contributed by atoms with Crippen LogP contribution < -0.4 is 5.73 Å². The normalized spacial score (nSPS) is 26.3. The van der Waals surface area contributed by atoms with Crippen LogP contribution in [0.3, 0.4) is 0 Å². The number of piperidine rings is 1. The van der Waals surface area contributed by atoms with E-state index in [0.717, 1.165) is 48.1 Å². The second-order valence-corrected chi connectivity index (χ2v) is 8.67. The minimum Gasteiger partial charge on any atom is -0.334 e. The van der Waals surface area contributed by atoms with Crippen molar-refractivity contribution in [2.75, 3.05) is 13.1 Å². The van der Waals surface area contributed by atoms with Gasteiger partial charge in [-0.3, -0.25) is 9.48 Å². The van der Waals surface area contributed by atoms with Crippen molar-refractivity contribution in [2.45, 2.75) is 63.3 Å². The van der Waals surface area contributed by atoms with E-state index in [1.54, 1.807) is 4.68 Å². The molecule has 6 heteroatoms. The summed E-state index contributed by atoms with van der Waals surface area (Å²) in [7, 11) is 1.89. The molecule has 3 aliphatic rings. The first kappa shape index (κ1) is 16.6. The van der Waals surface area contributed by atoms with E-state index >= 15 is 0 Å². The van der Waals surface area contributed by atoms with Gasteiger partial charge in [-0.25, -0.2) is 0 Å². The van der Waals surface area contributed by atoms with E-state index in [2.05, 4.69) is 25.9 Å². The predicted molar refractivity (Wildman–Crippen MR) is 96.9 cm³/mol. The van der Waals surface area contributed by atoms with Gasteiger partial charge in [-0.15, -0.1) is 0 Å². The van der Waals surface area contributed by atoms with Crippen LogP contribution in [0.4, 0.5) is 0 Å². The molecule has 1 atom stereocenters. The molecule has 0 bridgehead atoms. The number of aromatic nitrogens is 2. The van der Waals surface area contributed by atoms with Gasteiger partial charge in [0, 0.05) is 31.0 Å². The fourth-order valence-electron chi connectivity index (χ4n) is 4.62. The van der Waals surface area contributed by atoms with E-state index in [1.165, 1.54) is 25.7 Å². The second kappa shape index (κ2) is 6.13. The van der Waals surface area contributed by atoms with Gasteiger partial charge in [-0.1, -0.05) is 6.42 Å². The van der Waals surface area contributed by atoms with Gasteiger partial charge in [-0.2, -0.15) is 5.10 Å². The molecule has 5 nitrogen and oxygen atoms in total. The Balaban J connectivity index is 1.65. The summed E-state index contributed by atoms with van der Waals surface area (Å²) in [6.45, 7) is 1.54. The number of hydrogen-bond acceptors (Lipinski definition) is 3. The molecule has 2 aliphatic carbocycles. The van der Waals surface area contributed by atoms with Gasteiger partial charge in [0.05, 0.1) is 10.2 Å². The van der Waals surface area contributed by atoms with E-state index in [0.29, 0.717) is 18.5 Å². The maximum absolute atomic E-state index is 13.4. The fraction of sp³-hybridized carbons (Fsp3) is 0.778. The summed E-state index contributed by atoms with van der Waals surface area (Å²) in [6.07, 6.45) is 9.34. The Labute approximate surface area is 152 Å². The molecule has 1 aliphatic heterocycles. The van der Waals surface area contributed by atoms with Crippen molar-refractivity contribution < 1.29 is 4.79 Å². The zero-order chi connectivity index (χ0) is 16.9. The third-order valence-corrected chi connectivity index (χ3v) is 7.19. The molecule has 2 saturated carbocycles. The van der Waals surface area contributed by atoms with Crippen molar-refractivity contribution in [1.29, 1.82) is 0 Å². The van der Waals surface area contributed by atoms with Gasteiger partial charge in [0.25, 0.3) is 5.91 Å². The molecule has 0 aromatic carbocycles. The lowest BCUT2D eigenvalue weighted by Gasteiger charge is -2.53. The standard InChI is InChI=1S/C18H27BrN4O/c1-22-16(14(19)15(21-22)12-6-7-12)17(24)23-10-3-2-5-13(23)18(11-20)8-4-9-18/h12-13H,2-11,20H2,1H3. The quantitative estimate of drug-likeness (QED) is 0.852. The van der Waals surface area contributed by atoms with Gasteiger partial charge in [0.2, 0.25) is 0 Å². The molecule has 1 saturated heterocycles. The number of hydrogen-bond donors (Lipinski definition) is 1. The molecule has 1 amide bonds. The van der Waals surface area contributed by atoms with Crippen LogP contribution >= 0.6 is 15.9 Å². The van der Waals surface area contributed by atoms with Gasteiger partial charge in [-0.05, 0) is 67.4 Å².